The van der Waals surface area contributed by atoms with E-state index in [-0.39, 0.29) is 0 Å². The molecular weight excluding hydrogens is 350 g/mol. The molecule has 136 valence electrons. The van der Waals surface area contributed by atoms with Gasteiger partial charge in [0.1, 0.15) is 23.4 Å². The quantitative estimate of drug-likeness (QED) is 0.661. The zero-order valence-corrected chi connectivity index (χ0v) is 15.5. The second-order valence-corrected chi connectivity index (χ2v) is 6.97. The lowest BCUT2D eigenvalue weighted by Gasteiger charge is -2.27. The molecule has 1 aliphatic heterocycles. The van der Waals surface area contributed by atoms with Crippen LogP contribution in [-0.4, -0.2) is 42.9 Å². The van der Waals surface area contributed by atoms with Crippen molar-refractivity contribution in [2.24, 2.45) is 0 Å². The highest BCUT2D eigenvalue weighted by Gasteiger charge is 2.17. The van der Waals surface area contributed by atoms with Crippen LogP contribution in [0, 0.1) is 0 Å². The average Bonchev–Trinajstić information content (AvgIpc) is 3.13. The molecule has 0 radical (unpaired) electrons. The standard InChI is InChI=1S/C19H21N3O3S/c1-2-24-15-5-3-14(4-6-15)12-25-19-18-16(20-13-21-19)11-17(26-18)22-7-9-23-10-8-22/h3-6,11,13H,2,7-10,12H2,1H3. The molecule has 6 nitrogen and oxygen atoms in total. The van der Waals surface area contributed by atoms with Crippen molar-refractivity contribution >= 4 is 26.6 Å². The van der Waals surface area contributed by atoms with Crippen LogP contribution < -0.4 is 14.4 Å². The zero-order valence-electron chi connectivity index (χ0n) is 14.7. The number of ether oxygens (including phenoxy) is 3. The lowest BCUT2D eigenvalue weighted by Crippen LogP contribution is -2.35. The van der Waals surface area contributed by atoms with E-state index in [1.54, 1.807) is 17.7 Å². The fraction of sp³-hybridized carbons (Fsp3) is 0.368. The minimum Gasteiger partial charge on any atom is -0.494 e. The van der Waals surface area contributed by atoms with Crippen LogP contribution in [0.3, 0.4) is 0 Å². The summed E-state index contributed by atoms with van der Waals surface area (Å²) in [6.07, 6.45) is 1.56. The molecule has 0 spiro atoms. The van der Waals surface area contributed by atoms with Crippen molar-refractivity contribution in [3.63, 3.8) is 0 Å². The summed E-state index contributed by atoms with van der Waals surface area (Å²) in [4.78, 5) is 11.1. The van der Waals surface area contributed by atoms with Crippen LogP contribution in [0.2, 0.25) is 0 Å². The molecule has 1 fully saturated rings. The maximum absolute atomic E-state index is 5.98. The number of morpholine rings is 1. The Morgan fingerprint density at radius 2 is 1.92 bits per heavy atom. The second kappa shape index (κ2) is 7.88. The summed E-state index contributed by atoms with van der Waals surface area (Å²) in [6.45, 7) is 6.44. The van der Waals surface area contributed by atoms with Gasteiger partial charge in [0.15, 0.2) is 0 Å². The van der Waals surface area contributed by atoms with Crippen LogP contribution in [0.15, 0.2) is 36.7 Å². The van der Waals surface area contributed by atoms with E-state index in [9.17, 15) is 0 Å². The van der Waals surface area contributed by atoms with Gasteiger partial charge in [-0.1, -0.05) is 12.1 Å². The van der Waals surface area contributed by atoms with Crippen molar-refractivity contribution in [3.05, 3.63) is 42.2 Å². The normalized spacial score (nSPS) is 14.6. The Balaban J connectivity index is 1.49. The molecule has 26 heavy (non-hydrogen) atoms. The lowest BCUT2D eigenvalue weighted by molar-refractivity contribution is 0.123. The van der Waals surface area contributed by atoms with Crippen molar-refractivity contribution in [1.29, 1.82) is 0 Å². The minimum absolute atomic E-state index is 0.462. The largest absolute Gasteiger partial charge is 0.494 e. The Labute approximate surface area is 156 Å². The van der Waals surface area contributed by atoms with E-state index in [1.165, 1.54) is 5.00 Å². The first-order valence-corrected chi connectivity index (χ1v) is 9.57. The number of rotatable bonds is 6. The Kier molecular flexibility index (Phi) is 5.17. The van der Waals surface area contributed by atoms with Crippen LogP contribution in [0.4, 0.5) is 5.00 Å². The average molecular weight is 371 g/mol. The fourth-order valence-corrected chi connectivity index (χ4v) is 3.97. The number of anilines is 1. The third-order valence-corrected chi connectivity index (χ3v) is 5.37. The molecule has 0 unspecified atom stereocenters. The van der Waals surface area contributed by atoms with Crippen LogP contribution >= 0.6 is 11.3 Å². The van der Waals surface area contributed by atoms with E-state index in [4.69, 9.17) is 14.2 Å². The first-order valence-electron chi connectivity index (χ1n) is 8.75. The number of benzene rings is 1. The van der Waals surface area contributed by atoms with E-state index >= 15 is 0 Å². The fourth-order valence-electron chi connectivity index (χ4n) is 2.86. The van der Waals surface area contributed by atoms with Gasteiger partial charge >= 0.3 is 0 Å². The predicted molar refractivity (Wildman–Crippen MR) is 102 cm³/mol. The van der Waals surface area contributed by atoms with E-state index < -0.39 is 0 Å². The summed E-state index contributed by atoms with van der Waals surface area (Å²) in [5.74, 6) is 1.50. The van der Waals surface area contributed by atoms with Gasteiger partial charge in [-0.15, -0.1) is 11.3 Å². The van der Waals surface area contributed by atoms with E-state index in [1.807, 2.05) is 31.2 Å². The van der Waals surface area contributed by atoms with Crippen LogP contribution in [-0.2, 0) is 11.3 Å². The molecule has 3 heterocycles. The first-order chi connectivity index (χ1) is 12.8. The lowest BCUT2D eigenvalue weighted by atomic mass is 10.2. The maximum Gasteiger partial charge on any atom is 0.235 e. The number of aromatic nitrogens is 2. The van der Waals surface area contributed by atoms with Gasteiger partial charge in [0.25, 0.3) is 0 Å². The molecule has 0 saturated carbocycles. The van der Waals surface area contributed by atoms with Gasteiger partial charge in [0.2, 0.25) is 5.88 Å². The van der Waals surface area contributed by atoms with Gasteiger partial charge < -0.3 is 19.1 Å². The summed E-state index contributed by atoms with van der Waals surface area (Å²) in [6, 6.07) is 10.0. The van der Waals surface area contributed by atoms with Crippen molar-refractivity contribution in [2.45, 2.75) is 13.5 Å². The number of hydrogen-bond donors (Lipinski definition) is 0. The van der Waals surface area contributed by atoms with E-state index in [0.717, 1.165) is 47.8 Å². The molecule has 3 aromatic rings. The van der Waals surface area contributed by atoms with Gasteiger partial charge in [0, 0.05) is 13.1 Å². The molecule has 2 aromatic heterocycles. The monoisotopic (exact) mass is 371 g/mol. The maximum atomic E-state index is 5.98. The molecule has 0 aliphatic carbocycles. The number of hydrogen-bond acceptors (Lipinski definition) is 7. The number of nitrogens with zero attached hydrogens (tertiary/aromatic N) is 3. The van der Waals surface area contributed by atoms with Crippen molar-refractivity contribution < 1.29 is 14.2 Å². The predicted octanol–water partition coefficient (Wildman–Crippen LogP) is 3.51. The highest BCUT2D eigenvalue weighted by molar-refractivity contribution is 7.23. The summed E-state index contributed by atoms with van der Waals surface area (Å²) in [5, 5.41) is 1.19. The Morgan fingerprint density at radius 1 is 1.12 bits per heavy atom. The second-order valence-electron chi connectivity index (χ2n) is 5.94. The summed E-state index contributed by atoms with van der Waals surface area (Å²) < 4.78 is 17.9. The topological polar surface area (TPSA) is 56.7 Å². The molecule has 1 aromatic carbocycles. The summed E-state index contributed by atoms with van der Waals surface area (Å²) >= 11 is 1.67. The van der Waals surface area contributed by atoms with Gasteiger partial charge in [-0.2, -0.15) is 0 Å². The Morgan fingerprint density at radius 3 is 2.69 bits per heavy atom. The molecule has 0 amide bonds. The van der Waals surface area contributed by atoms with Crippen molar-refractivity contribution in [2.75, 3.05) is 37.8 Å². The molecule has 7 heteroatoms. The molecule has 4 rings (SSSR count). The van der Waals surface area contributed by atoms with Crippen molar-refractivity contribution in [3.8, 4) is 11.6 Å². The van der Waals surface area contributed by atoms with Crippen LogP contribution in [0.25, 0.3) is 10.2 Å². The smallest absolute Gasteiger partial charge is 0.235 e. The number of thiophene rings is 1. The molecular formula is C19H21N3O3S. The molecule has 1 saturated heterocycles. The summed E-state index contributed by atoms with van der Waals surface area (Å²) in [5.41, 5.74) is 2.00. The van der Waals surface area contributed by atoms with Crippen molar-refractivity contribution in [1.82, 2.24) is 9.97 Å². The van der Waals surface area contributed by atoms with Gasteiger partial charge in [0.05, 0.1) is 30.3 Å². The van der Waals surface area contributed by atoms with E-state index in [0.29, 0.717) is 19.1 Å². The summed E-state index contributed by atoms with van der Waals surface area (Å²) in [7, 11) is 0. The third-order valence-electron chi connectivity index (χ3n) is 4.20. The Hall–Kier alpha value is -2.38. The van der Waals surface area contributed by atoms with Gasteiger partial charge in [-0.3, -0.25) is 0 Å². The molecule has 0 atom stereocenters. The van der Waals surface area contributed by atoms with Gasteiger partial charge in [-0.05, 0) is 30.7 Å². The third kappa shape index (κ3) is 3.73. The van der Waals surface area contributed by atoms with Gasteiger partial charge in [-0.25, -0.2) is 9.97 Å². The Bertz CT molecular complexity index is 860. The SMILES string of the molecule is CCOc1ccc(COc2ncnc3cc(N4CCOCC4)sc23)cc1. The van der Waals surface area contributed by atoms with Crippen LogP contribution in [0.5, 0.6) is 11.6 Å². The van der Waals surface area contributed by atoms with E-state index in [2.05, 4.69) is 20.9 Å². The van der Waals surface area contributed by atoms with Crippen LogP contribution in [0.1, 0.15) is 12.5 Å². The highest BCUT2D eigenvalue weighted by atomic mass is 32.1. The number of fused-ring (bicyclic) bond motifs is 1. The molecule has 1 aliphatic rings. The minimum atomic E-state index is 0.462. The first kappa shape index (κ1) is 17.1. The highest BCUT2D eigenvalue weighted by Crippen LogP contribution is 2.36. The molecule has 0 bridgehead atoms. The zero-order chi connectivity index (χ0) is 17.8. The molecule has 0 N–H and O–H groups in total.